The third-order valence-corrected chi connectivity index (χ3v) is 6.98. The first kappa shape index (κ1) is 22.4. The molecule has 1 heterocycles. The van der Waals surface area contributed by atoms with Crippen LogP contribution in [-0.2, 0) is 16.0 Å². The van der Waals surface area contributed by atoms with Crippen LogP contribution in [0.15, 0.2) is 78.9 Å². The second kappa shape index (κ2) is 10.2. The second-order valence-electron chi connectivity index (χ2n) is 9.08. The van der Waals surface area contributed by atoms with E-state index in [1.165, 1.54) is 22.3 Å². The fourth-order valence-electron chi connectivity index (χ4n) is 5.21. The van der Waals surface area contributed by atoms with Crippen LogP contribution in [0, 0.1) is 0 Å². The lowest BCUT2D eigenvalue weighted by Gasteiger charge is -2.38. The third kappa shape index (κ3) is 4.75. The van der Waals surface area contributed by atoms with Crippen LogP contribution >= 0.6 is 0 Å². The van der Waals surface area contributed by atoms with Crippen molar-refractivity contribution in [2.45, 2.75) is 25.3 Å². The van der Waals surface area contributed by atoms with Gasteiger partial charge in [0.25, 0.3) is 0 Å². The summed E-state index contributed by atoms with van der Waals surface area (Å²) in [5.74, 6) is 0.121. The molecular weight excluding hydrogens is 422 g/mol. The number of carbonyl (C=O) groups excluding carboxylic acids is 2. The highest BCUT2D eigenvalue weighted by Gasteiger charge is 2.34. The van der Waals surface area contributed by atoms with Crippen molar-refractivity contribution in [1.82, 2.24) is 15.1 Å². The molecule has 3 aromatic rings. The van der Waals surface area contributed by atoms with Gasteiger partial charge in [0, 0.05) is 45.6 Å². The normalized spacial score (nSPS) is 15.6. The molecule has 1 aliphatic carbocycles. The monoisotopic (exact) mass is 453 g/mol. The zero-order valence-corrected chi connectivity index (χ0v) is 19.5. The van der Waals surface area contributed by atoms with Crippen LogP contribution < -0.4 is 5.32 Å². The summed E-state index contributed by atoms with van der Waals surface area (Å²) >= 11 is 0. The average molecular weight is 454 g/mol. The zero-order valence-electron chi connectivity index (χ0n) is 19.5. The molecule has 1 fully saturated rings. The molecule has 2 aliphatic rings. The van der Waals surface area contributed by atoms with Crippen LogP contribution in [0.5, 0.6) is 0 Å². The summed E-state index contributed by atoms with van der Waals surface area (Å²) in [4.78, 5) is 29.3. The van der Waals surface area contributed by atoms with Crippen LogP contribution in [0.3, 0.4) is 0 Å². The molecule has 2 amide bonds. The quantitative estimate of drug-likeness (QED) is 0.588. The number of nitrogens with zero attached hydrogens (tertiary/aromatic N) is 2. The molecule has 0 unspecified atom stereocenters. The summed E-state index contributed by atoms with van der Waals surface area (Å²) in [5.41, 5.74) is 6.52. The summed E-state index contributed by atoms with van der Waals surface area (Å²) in [5, 5.41) is 2.90. The molecule has 5 heteroatoms. The Kier molecular flexibility index (Phi) is 6.72. The highest BCUT2D eigenvalue weighted by atomic mass is 16.2. The third-order valence-electron chi connectivity index (χ3n) is 6.98. The predicted molar refractivity (Wildman–Crippen MR) is 134 cm³/mol. The van der Waals surface area contributed by atoms with Gasteiger partial charge in [0.1, 0.15) is 0 Å². The molecule has 1 aliphatic heterocycles. The number of benzene rings is 3. The smallest absolute Gasteiger partial charge is 0.224 e. The molecule has 0 atom stereocenters. The van der Waals surface area contributed by atoms with E-state index in [0.29, 0.717) is 19.4 Å². The van der Waals surface area contributed by atoms with Gasteiger partial charge in [-0.05, 0) is 34.2 Å². The molecular formula is C29H31N3O2. The van der Waals surface area contributed by atoms with Crippen molar-refractivity contribution < 1.29 is 9.59 Å². The Morgan fingerprint density at radius 3 is 1.97 bits per heavy atom. The fourth-order valence-corrected chi connectivity index (χ4v) is 5.21. The Balaban J connectivity index is 1.10. The summed E-state index contributed by atoms with van der Waals surface area (Å²) in [6, 6.07) is 27.6. The summed E-state index contributed by atoms with van der Waals surface area (Å²) in [7, 11) is 0. The van der Waals surface area contributed by atoms with Gasteiger partial charge < -0.3 is 10.2 Å². The number of carbonyl (C=O) groups is 2. The lowest BCUT2D eigenvalue weighted by Crippen LogP contribution is -2.50. The Labute approximate surface area is 201 Å². The van der Waals surface area contributed by atoms with Crippen LogP contribution in [0.2, 0.25) is 0 Å². The molecule has 0 bridgehead atoms. The summed E-state index contributed by atoms with van der Waals surface area (Å²) in [6.07, 6.45) is 1.52. The minimum Gasteiger partial charge on any atom is -0.356 e. The van der Waals surface area contributed by atoms with Crippen LogP contribution in [-0.4, -0.2) is 54.3 Å². The van der Waals surface area contributed by atoms with E-state index in [4.69, 9.17) is 0 Å². The largest absolute Gasteiger partial charge is 0.356 e. The highest BCUT2D eigenvalue weighted by molar-refractivity contribution is 5.80. The van der Waals surface area contributed by atoms with Gasteiger partial charge in [-0.3, -0.25) is 14.5 Å². The van der Waals surface area contributed by atoms with Crippen molar-refractivity contribution in [3.8, 4) is 11.1 Å². The number of aryl methyl sites for hydroxylation is 1. The van der Waals surface area contributed by atoms with Crippen molar-refractivity contribution in [3.63, 3.8) is 0 Å². The number of hydrogen-bond donors (Lipinski definition) is 1. The van der Waals surface area contributed by atoms with E-state index < -0.39 is 0 Å². The minimum atomic E-state index is 0.0000337. The summed E-state index contributed by atoms with van der Waals surface area (Å²) < 4.78 is 0. The topological polar surface area (TPSA) is 52.7 Å². The highest BCUT2D eigenvalue weighted by Crippen LogP contribution is 2.46. The van der Waals surface area contributed by atoms with E-state index in [9.17, 15) is 9.59 Å². The lowest BCUT2D eigenvalue weighted by atomic mass is 10.0. The van der Waals surface area contributed by atoms with Gasteiger partial charge in [-0.2, -0.15) is 0 Å². The maximum absolute atomic E-state index is 12.7. The minimum absolute atomic E-state index is 0.0000337. The number of amides is 2. The molecule has 0 saturated carbocycles. The number of nitrogens with one attached hydrogen (secondary N) is 1. The summed E-state index contributed by atoms with van der Waals surface area (Å²) in [6.45, 7) is 3.55. The Bertz CT molecular complexity index is 1110. The van der Waals surface area contributed by atoms with Crippen molar-refractivity contribution in [3.05, 3.63) is 95.6 Å². The zero-order chi connectivity index (χ0) is 23.3. The van der Waals surface area contributed by atoms with Gasteiger partial charge in [-0.25, -0.2) is 0 Å². The van der Waals surface area contributed by atoms with Gasteiger partial charge in [-0.1, -0.05) is 78.9 Å². The molecule has 1 saturated heterocycles. The molecule has 1 N–H and O–H groups in total. The molecule has 5 nitrogen and oxygen atoms in total. The number of hydrogen-bond acceptors (Lipinski definition) is 3. The first-order chi connectivity index (χ1) is 16.7. The number of fused-ring (bicyclic) bond motifs is 3. The Morgan fingerprint density at radius 2 is 1.32 bits per heavy atom. The molecule has 34 heavy (non-hydrogen) atoms. The predicted octanol–water partition coefficient (Wildman–Crippen LogP) is 4.04. The maximum Gasteiger partial charge on any atom is 0.224 e. The SMILES string of the molecule is O=C(CCc1ccccc1)NCCC(=O)N1CCN(C2c3ccccc3-c3ccccc32)CC1. The average Bonchev–Trinajstić information content (AvgIpc) is 3.22. The van der Waals surface area contributed by atoms with Crippen LogP contribution in [0.4, 0.5) is 0 Å². The van der Waals surface area contributed by atoms with Gasteiger partial charge in [-0.15, -0.1) is 0 Å². The van der Waals surface area contributed by atoms with Gasteiger partial charge in [0.05, 0.1) is 6.04 Å². The van der Waals surface area contributed by atoms with E-state index >= 15 is 0 Å². The molecule has 5 rings (SSSR count). The molecule has 174 valence electrons. The van der Waals surface area contributed by atoms with Crippen LogP contribution in [0.1, 0.15) is 35.6 Å². The van der Waals surface area contributed by atoms with Crippen molar-refractivity contribution >= 4 is 11.8 Å². The Morgan fingerprint density at radius 1 is 0.735 bits per heavy atom. The molecule has 3 aromatic carbocycles. The first-order valence-electron chi connectivity index (χ1n) is 12.2. The second-order valence-corrected chi connectivity index (χ2v) is 9.08. The van der Waals surface area contributed by atoms with Crippen molar-refractivity contribution in [2.24, 2.45) is 0 Å². The lowest BCUT2D eigenvalue weighted by molar-refractivity contribution is -0.133. The van der Waals surface area contributed by atoms with E-state index in [0.717, 1.165) is 38.2 Å². The fraction of sp³-hybridized carbons (Fsp3) is 0.310. The van der Waals surface area contributed by atoms with Gasteiger partial charge >= 0.3 is 0 Å². The Hall–Kier alpha value is -3.44. The van der Waals surface area contributed by atoms with Gasteiger partial charge in [0.2, 0.25) is 11.8 Å². The van der Waals surface area contributed by atoms with E-state index in [1.54, 1.807) is 0 Å². The molecule has 0 radical (unpaired) electrons. The standard InChI is InChI=1S/C29H31N3O2/c33-27(15-14-22-8-2-1-3-9-22)30-17-16-28(34)31-18-20-32(21-19-31)29-25-12-6-4-10-23(25)24-11-5-7-13-26(24)29/h1-13,29H,14-21H2,(H,30,33). The van der Waals surface area contributed by atoms with Crippen molar-refractivity contribution in [2.75, 3.05) is 32.7 Å². The van der Waals surface area contributed by atoms with E-state index in [2.05, 4.69) is 58.7 Å². The van der Waals surface area contributed by atoms with Crippen LogP contribution in [0.25, 0.3) is 11.1 Å². The van der Waals surface area contributed by atoms with E-state index in [1.807, 2.05) is 35.2 Å². The van der Waals surface area contributed by atoms with Gasteiger partial charge in [0.15, 0.2) is 0 Å². The number of piperazine rings is 1. The molecule has 0 aromatic heterocycles. The maximum atomic E-state index is 12.7. The van der Waals surface area contributed by atoms with E-state index in [-0.39, 0.29) is 17.9 Å². The molecule has 0 spiro atoms. The number of rotatable bonds is 7. The first-order valence-corrected chi connectivity index (χ1v) is 12.2. The van der Waals surface area contributed by atoms with Crippen molar-refractivity contribution in [1.29, 1.82) is 0 Å².